The molecule has 144 valence electrons. The van der Waals surface area contributed by atoms with E-state index in [9.17, 15) is 14.2 Å². The molecule has 0 aliphatic carbocycles. The molecule has 2 rings (SSSR count). The highest BCUT2D eigenvalue weighted by Crippen LogP contribution is 2.57. The summed E-state index contributed by atoms with van der Waals surface area (Å²) in [6.07, 6.45) is -0.660. The lowest BCUT2D eigenvalue weighted by atomic mass is 10.1. The van der Waals surface area contributed by atoms with Gasteiger partial charge in [0.2, 0.25) is 0 Å². The van der Waals surface area contributed by atoms with Crippen LogP contribution in [0.4, 0.5) is 5.69 Å². The van der Waals surface area contributed by atoms with Gasteiger partial charge in [0.25, 0.3) is 5.91 Å². The van der Waals surface area contributed by atoms with Crippen molar-refractivity contribution in [2.24, 2.45) is 0 Å². The van der Waals surface area contributed by atoms with E-state index in [0.29, 0.717) is 11.3 Å². The van der Waals surface area contributed by atoms with Crippen molar-refractivity contribution in [1.29, 1.82) is 0 Å². The van der Waals surface area contributed by atoms with Crippen LogP contribution in [0.5, 0.6) is 0 Å². The van der Waals surface area contributed by atoms with Crippen LogP contribution >= 0.6 is 7.60 Å². The maximum atomic E-state index is 12.9. The fourth-order valence-electron chi connectivity index (χ4n) is 2.74. The summed E-state index contributed by atoms with van der Waals surface area (Å²) in [5.74, 6) is -1.14. The third-order valence-electron chi connectivity index (χ3n) is 3.95. The molecular weight excluding hydrogens is 359 g/mol. The first-order valence-corrected chi connectivity index (χ1v) is 10.1. The van der Waals surface area contributed by atoms with Gasteiger partial charge in [-0.2, -0.15) is 5.06 Å². The molecule has 0 saturated carbocycles. The van der Waals surface area contributed by atoms with Crippen molar-refractivity contribution in [3.63, 3.8) is 0 Å². The molecule has 0 unspecified atom stereocenters. The van der Waals surface area contributed by atoms with E-state index in [0.717, 1.165) is 0 Å². The lowest BCUT2D eigenvalue weighted by Crippen LogP contribution is -2.28. The third kappa shape index (κ3) is 4.78. The molecule has 0 bridgehead atoms. The van der Waals surface area contributed by atoms with Crippen molar-refractivity contribution < 1.29 is 28.0 Å². The Morgan fingerprint density at radius 3 is 2.54 bits per heavy atom. The van der Waals surface area contributed by atoms with Gasteiger partial charge in [-0.25, -0.2) is 0 Å². The van der Waals surface area contributed by atoms with E-state index in [1.165, 1.54) is 12.0 Å². The predicted octanol–water partition coefficient (Wildman–Crippen LogP) is 3.06. The van der Waals surface area contributed by atoms with Gasteiger partial charge in [-0.1, -0.05) is 12.1 Å². The molecule has 1 heterocycles. The Hall–Kier alpha value is -1.57. The first-order chi connectivity index (χ1) is 12.3. The van der Waals surface area contributed by atoms with Crippen LogP contribution < -0.4 is 5.32 Å². The summed E-state index contributed by atoms with van der Waals surface area (Å²) in [7, 11) is -1.83. The predicted molar refractivity (Wildman–Crippen MR) is 97.0 cm³/mol. The number of rotatable bonds is 8. The molecule has 8 nitrogen and oxygen atoms in total. The summed E-state index contributed by atoms with van der Waals surface area (Å²) in [6, 6.07) is 6.65. The molecule has 26 heavy (non-hydrogen) atoms. The van der Waals surface area contributed by atoms with E-state index >= 15 is 0 Å². The maximum absolute atomic E-state index is 12.9. The van der Waals surface area contributed by atoms with Crippen molar-refractivity contribution in [3.05, 3.63) is 29.8 Å². The zero-order valence-corrected chi connectivity index (χ0v) is 16.3. The standard InChI is InChI=1S/C17H25N2O6P/c1-5-23-26(22,24-6-2)16-11-15(25-19(16)4)17(21)18-14-9-7-8-13(10-14)12(3)20/h7-10,15-16H,5-6,11H2,1-4H3,(H,18,21)/t15-,16-/m1/s1. The van der Waals surface area contributed by atoms with E-state index < -0.39 is 19.5 Å². The number of nitrogens with zero attached hydrogens (tertiary/aromatic N) is 1. The van der Waals surface area contributed by atoms with Gasteiger partial charge in [-0.05, 0) is 32.9 Å². The van der Waals surface area contributed by atoms with Crippen LogP contribution in [0.1, 0.15) is 37.6 Å². The van der Waals surface area contributed by atoms with Crippen molar-refractivity contribution in [2.45, 2.75) is 39.1 Å². The van der Waals surface area contributed by atoms with Crippen LogP contribution in [0.3, 0.4) is 0 Å². The Morgan fingerprint density at radius 1 is 1.31 bits per heavy atom. The van der Waals surface area contributed by atoms with Gasteiger partial charge in [0.05, 0.1) is 13.2 Å². The first kappa shape index (κ1) is 20.7. The van der Waals surface area contributed by atoms with Gasteiger partial charge in [0, 0.05) is 24.7 Å². The maximum Gasteiger partial charge on any atom is 0.350 e. The van der Waals surface area contributed by atoms with E-state index in [1.54, 1.807) is 45.2 Å². The second-order valence-electron chi connectivity index (χ2n) is 5.86. The lowest BCUT2D eigenvalue weighted by Gasteiger charge is -2.25. The van der Waals surface area contributed by atoms with Crippen LogP contribution in [0, 0.1) is 0 Å². The molecule has 0 aromatic heterocycles. The molecule has 1 aliphatic rings. The molecular formula is C17H25N2O6P. The first-order valence-electron chi connectivity index (χ1n) is 8.51. The van der Waals surface area contributed by atoms with Crippen LogP contribution in [0.2, 0.25) is 0 Å². The second kappa shape index (κ2) is 8.88. The minimum Gasteiger partial charge on any atom is -0.324 e. The number of hydroxylamine groups is 2. The number of hydrogen-bond donors (Lipinski definition) is 1. The number of anilines is 1. The molecule has 2 atom stereocenters. The fraction of sp³-hybridized carbons (Fsp3) is 0.529. The van der Waals surface area contributed by atoms with E-state index in [4.69, 9.17) is 13.9 Å². The third-order valence-corrected chi connectivity index (χ3v) is 6.45. The molecule has 1 saturated heterocycles. The van der Waals surface area contributed by atoms with Crippen LogP contribution in [0.25, 0.3) is 0 Å². The molecule has 1 aromatic carbocycles. The number of amides is 1. The minimum absolute atomic E-state index is 0.0904. The Labute approximate surface area is 153 Å². The molecule has 1 amide bonds. The van der Waals surface area contributed by atoms with E-state index in [-0.39, 0.29) is 31.3 Å². The van der Waals surface area contributed by atoms with Crippen LogP contribution in [-0.4, -0.2) is 48.9 Å². The normalized spacial score (nSPS) is 20.9. The average molecular weight is 384 g/mol. The van der Waals surface area contributed by atoms with Gasteiger partial charge < -0.3 is 14.4 Å². The number of hydrogen-bond acceptors (Lipinski definition) is 7. The van der Waals surface area contributed by atoms with Gasteiger partial charge in [0.1, 0.15) is 5.78 Å². The topological polar surface area (TPSA) is 94.2 Å². The van der Waals surface area contributed by atoms with Gasteiger partial charge in [-0.15, -0.1) is 0 Å². The average Bonchev–Trinajstić information content (AvgIpc) is 2.98. The number of benzene rings is 1. The number of ketones is 1. The number of Topliss-reactive ketones (excluding diaryl/α,β-unsaturated/α-hetero) is 1. The largest absolute Gasteiger partial charge is 0.350 e. The van der Waals surface area contributed by atoms with Gasteiger partial charge in [0.15, 0.2) is 11.9 Å². The Bertz CT molecular complexity index is 700. The van der Waals surface area contributed by atoms with Crippen molar-refractivity contribution in [2.75, 3.05) is 25.6 Å². The highest BCUT2D eigenvalue weighted by molar-refractivity contribution is 7.54. The van der Waals surface area contributed by atoms with Crippen molar-refractivity contribution >= 4 is 25.0 Å². The summed E-state index contributed by atoms with van der Waals surface area (Å²) in [4.78, 5) is 29.5. The molecule has 0 spiro atoms. The monoisotopic (exact) mass is 384 g/mol. The van der Waals surface area contributed by atoms with Crippen LogP contribution in [0.15, 0.2) is 24.3 Å². The summed E-state index contributed by atoms with van der Waals surface area (Å²) in [5, 5.41) is 4.08. The lowest BCUT2D eigenvalue weighted by molar-refractivity contribution is -0.155. The second-order valence-corrected chi connectivity index (χ2v) is 8.05. The van der Waals surface area contributed by atoms with Crippen molar-refractivity contribution in [3.8, 4) is 0 Å². The molecule has 1 aromatic rings. The fourth-order valence-corrected chi connectivity index (χ4v) is 4.79. The van der Waals surface area contributed by atoms with Crippen LogP contribution in [-0.2, 0) is 23.2 Å². The van der Waals surface area contributed by atoms with E-state index in [1.807, 2.05) is 0 Å². The smallest absolute Gasteiger partial charge is 0.324 e. The summed E-state index contributed by atoms with van der Waals surface area (Å²) in [5.41, 5.74) is 0.998. The van der Waals surface area contributed by atoms with E-state index in [2.05, 4.69) is 5.32 Å². The Balaban J connectivity index is 2.08. The minimum atomic E-state index is -3.43. The zero-order chi connectivity index (χ0) is 19.3. The molecule has 9 heteroatoms. The molecule has 1 fully saturated rings. The Morgan fingerprint density at radius 2 is 1.96 bits per heavy atom. The number of carbonyl (C=O) groups excluding carboxylic acids is 2. The summed E-state index contributed by atoms with van der Waals surface area (Å²) < 4.78 is 23.6. The number of carbonyl (C=O) groups is 2. The zero-order valence-electron chi connectivity index (χ0n) is 15.4. The summed E-state index contributed by atoms with van der Waals surface area (Å²) in [6.45, 7) is 5.38. The summed E-state index contributed by atoms with van der Waals surface area (Å²) >= 11 is 0. The number of nitrogens with one attached hydrogen (secondary N) is 1. The molecule has 0 radical (unpaired) electrons. The molecule has 1 aliphatic heterocycles. The molecule has 1 N–H and O–H groups in total. The van der Waals surface area contributed by atoms with Gasteiger partial charge in [-0.3, -0.25) is 19.0 Å². The SMILES string of the molecule is CCOP(=O)(OCC)[C@@H]1C[C@H](C(=O)Nc2cccc(C(C)=O)c2)ON1C. The highest BCUT2D eigenvalue weighted by atomic mass is 31.2. The van der Waals surface area contributed by atoms with Crippen molar-refractivity contribution in [1.82, 2.24) is 5.06 Å². The Kier molecular flexibility index (Phi) is 7.08. The quantitative estimate of drug-likeness (QED) is 0.544. The highest BCUT2D eigenvalue weighted by Gasteiger charge is 2.48. The van der Waals surface area contributed by atoms with Gasteiger partial charge >= 0.3 is 7.60 Å².